The molecule has 2 spiro atoms. The van der Waals surface area contributed by atoms with E-state index in [2.05, 4.69) is 34.6 Å². The lowest BCUT2D eigenvalue weighted by Gasteiger charge is -2.64. The molecule has 1 amide bonds. The molecule has 12 heteroatoms. The van der Waals surface area contributed by atoms with Crippen molar-refractivity contribution in [3.05, 3.63) is 0 Å². The molecule has 0 bridgehead atoms. The number of hydrogen-bond acceptors (Lipinski definition) is 8. The highest BCUT2D eigenvalue weighted by Crippen LogP contribution is 2.89. The van der Waals surface area contributed by atoms with Crippen LogP contribution < -0.4 is 0 Å². The molecule has 302 valence electrons. The molecule has 53 heavy (non-hydrogen) atoms. The van der Waals surface area contributed by atoms with Crippen molar-refractivity contribution >= 4 is 21.9 Å². The van der Waals surface area contributed by atoms with E-state index >= 15 is 0 Å². The minimum Gasteiger partial charge on any atom is -0.480 e. The zero-order valence-corrected chi connectivity index (χ0v) is 34.5. The van der Waals surface area contributed by atoms with E-state index in [1.54, 1.807) is 7.11 Å². The zero-order valence-electron chi connectivity index (χ0n) is 33.6. The minimum atomic E-state index is -3.77. The van der Waals surface area contributed by atoms with Gasteiger partial charge in [-0.3, -0.25) is 9.59 Å². The number of morpholine rings is 1. The van der Waals surface area contributed by atoms with Crippen LogP contribution in [0.25, 0.3) is 0 Å². The average Bonchev–Trinajstić information content (AvgIpc) is 4.01. The fourth-order valence-corrected chi connectivity index (χ4v) is 15.1. The summed E-state index contributed by atoms with van der Waals surface area (Å²) in [5.74, 6) is 0.994. The van der Waals surface area contributed by atoms with Gasteiger partial charge in [-0.25, -0.2) is 8.42 Å². The molecule has 7 fully saturated rings. The van der Waals surface area contributed by atoms with Crippen molar-refractivity contribution in [3.63, 3.8) is 0 Å². The lowest BCUT2D eigenvalue weighted by atomic mass is 9.41. The van der Waals surface area contributed by atoms with Crippen LogP contribution in [0, 0.1) is 56.7 Å². The fraction of sp³-hybridized carbons (Fsp3) is 0.951. The first-order valence-corrected chi connectivity index (χ1v) is 22.6. The molecule has 1 aliphatic heterocycles. The van der Waals surface area contributed by atoms with Crippen molar-refractivity contribution in [3.8, 4) is 0 Å². The molecule has 13 atom stereocenters. The molecule has 1 heterocycles. The number of fused-ring (bicyclic) bond motifs is 2. The molecule has 0 radical (unpaired) electrons. The van der Waals surface area contributed by atoms with E-state index in [-0.39, 0.29) is 63.8 Å². The summed E-state index contributed by atoms with van der Waals surface area (Å²) in [5.41, 5.74) is 0.150. The van der Waals surface area contributed by atoms with Crippen LogP contribution in [0.4, 0.5) is 0 Å². The topological polar surface area (TPSA) is 143 Å². The largest absolute Gasteiger partial charge is 0.480 e. The second-order valence-corrected chi connectivity index (χ2v) is 21.9. The standard InChI is InChI=1S/C41H68N2O9S/c1-25(19-28(50-7)22-43(53(8,48)49)26(2)36(46)47)29-21-32(44)39(6)31-12-11-30-37(3,4)33(13-14-40(30)24-41(31,40)16-15-38(29,39)5)52-35-23-42(17-18-51-35)34(45)20-27-9-10-27/h25-33,35,44H,9-24H2,1-8H3,(H,46,47)/t25-,26+,28?,29-,30+,31?,32+,33+,35+,38-,39-,40-,41?/m1/s1. The lowest BCUT2D eigenvalue weighted by Crippen LogP contribution is -2.60. The van der Waals surface area contributed by atoms with Crippen LogP contribution in [0.2, 0.25) is 0 Å². The number of amides is 1. The monoisotopic (exact) mass is 764 g/mol. The SMILES string of the molecule is COC(C[C@@H](C)[C@H]1C[C@H](O)[C@@]2(C)C3CC[C@H]4C(C)(C)[C@@H](O[C@H]5CN(C(=O)CC6CC6)CCO5)CC[C@@]45CC35CC[C@]12C)CN([C@@H](C)C(=O)O)S(C)(=O)=O. The molecule has 0 aromatic heterocycles. The molecule has 7 aliphatic rings. The molecule has 6 saturated carbocycles. The Morgan fingerprint density at radius 2 is 1.68 bits per heavy atom. The number of nitrogens with zero attached hydrogens (tertiary/aromatic N) is 2. The number of ether oxygens (including phenoxy) is 3. The molecule has 3 unspecified atom stereocenters. The molecule has 0 aromatic rings. The highest BCUT2D eigenvalue weighted by atomic mass is 32.2. The summed E-state index contributed by atoms with van der Waals surface area (Å²) < 4.78 is 45.1. The van der Waals surface area contributed by atoms with E-state index in [4.69, 9.17) is 14.2 Å². The number of aliphatic carboxylic acids is 1. The Balaban J connectivity index is 1.04. The second-order valence-electron chi connectivity index (χ2n) is 19.9. The molecular weight excluding hydrogens is 697 g/mol. The van der Waals surface area contributed by atoms with E-state index in [0.29, 0.717) is 50.3 Å². The van der Waals surface area contributed by atoms with Gasteiger partial charge in [0.25, 0.3) is 0 Å². The maximum absolute atomic E-state index is 12.9. The minimum absolute atomic E-state index is 0.0177. The first-order valence-electron chi connectivity index (χ1n) is 20.7. The van der Waals surface area contributed by atoms with Crippen molar-refractivity contribution in [2.24, 2.45) is 56.7 Å². The van der Waals surface area contributed by atoms with Crippen LogP contribution in [0.15, 0.2) is 0 Å². The highest BCUT2D eigenvalue weighted by molar-refractivity contribution is 7.88. The Morgan fingerprint density at radius 1 is 1.00 bits per heavy atom. The van der Waals surface area contributed by atoms with E-state index in [9.17, 15) is 28.2 Å². The van der Waals surface area contributed by atoms with Crippen LogP contribution >= 0.6 is 0 Å². The van der Waals surface area contributed by atoms with Crippen molar-refractivity contribution < 1.29 is 42.4 Å². The quantitative estimate of drug-likeness (QED) is 0.247. The summed E-state index contributed by atoms with van der Waals surface area (Å²) in [6.07, 6.45) is 12.0. The number of methoxy groups -OCH3 is 1. The number of aliphatic hydroxyl groups is 1. The van der Waals surface area contributed by atoms with Crippen molar-refractivity contribution in [2.45, 2.75) is 149 Å². The van der Waals surface area contributed by atoms with E-state index in [1.165, 1.54) is 32.6 Å². The van der Waals surface area contributed by atoms with E-state index < -0.39 is 34.2 Å². The van der Waals surface area contributed by atoms with Gasteiger partial charge in [0, 0.05) is 32.0 Å². The predicted molar refractivity (Wildman–Crippen MR) is 200 cm³/mol. The van der Waals surface area contributed by atoms with Gasteiger partial charge in [0.2, 0.25) is 15.9 Å². The number of carboxylic acids is 1. The molecule has 7 rings (SSSR count). The maximum Gasteiger partial charge on any atom is 0.321 e. The van der Waals surface area contributed by atoms with Gasteiger partial charge in [0.15, 0.2) is 6.29 Å². The predicted octanol–water partition coefficient (Wildman–Crippen LogP) is 5.54. The van der Waals surface area contributed by atoms with Crippen LogP contribution in [0.5, 0.6) is 0 Å². The zero-order chi connectivity index (χ0) is 38.5. The third-order valence-electron chi connectivity index (χ3n) is 17.3. The van der Waals surface area contributed by atoms with Crippen LogP contribution in [-0.2, 0) is 33.8 Å². The second kappa shape index (κ2) is 13.7. The third kappa shape index (κ3) is 6.34. The number of aliphatic hydroxyl groups excluding tert-OH is 1. The summed E-state index contributed by atoms with van der Waals surface area (Å²) in [5, 5.41) is 21.8. The van der Waals surface area contributed by atoms with Gasteiger partial charge in [0.05, 0.1) is 37.7 Å². The molecule has 0 aromatic carbocycles. The molecule has 2 N–H and O–H groups in total. The van der Waals surface area contributed by atoms with E-state index in [0.717, 1.165) is 49.1 Å². The molecule has 1 saturated heterocycles. The molecular formula is C41H68N2O9S. The van der Waals surface area contributed by atoms with E-state index in [1.807, 2.05) is 4.90 Å². The van der Waals surface area contributed by atoms with Crippen molar-refractivity contribution in [2.75, 3.05) is 39.6 Å². The van der Waals surface area contributed by atoms with Crippen molar-refractivity contribution in [1.29, 1.82) is 0 Å². The van der Waals surface area contributed by atoms with Gasteiger partial charge in [-0.05, 0) is 129 Å². The number of carbonyl (C=O) groups excluding carboxylic acids is 1. The number of sulfonamides is 1. The smallest absolute Gasteiger partial charge is 0.321 e. The Labute approximate surface area is 318 Å². The summed E-state index contributed by atoms with van der Waals surface area (Å²) >= 11 is 0. The lowest BCUT2D eigenvalue weighted by molar-refractivity contribution is -0.248. The van der Waals surface area contributed by atoms with Gasteiger partial charge in [-0.1, -0.05) is 34.6 Å². The van der Waals surface area contributed by atoms with Crippen LogP contribution in [-0.4, -0.2) is 110 Å². The summed E-state index contributed by atoms with van der Waals surface area (Å²) in [6.45, 7) is 15.0. The van der Waals surface area contributed by atoms with Gasteiger partial charge in [-0.2, -0.15) is 4.31 Å². The number of carbonyl (C=O) groups is 2. The van der Waals surface area contributed by atoms with Gasteiger partial charge in [0.1, 0.15) is 6.04 Å². The van der Waals surface area contributed by atoms with Gasteiger partial charge >= 0.3 is 5.97 Å². The number of rotatable bonds is 13. The Bertz CT molecular complexity index is 1540. The van der Waals surface area contributed by atoms with Crippen molar-refractivity contribution in [1.82, 2.24) is 9.21 Å². The normalized spacial score (nSPS) is 43.5. The Kier molecular flexibility index (Phi) is 10.3. The number of carboxylic acid groups (broad SMARTS) is 1. The Morgan fingerprint density at radius 3 is 2.32 bits per heavy atom. The van der Waals surface area contributed by atoms with Crippen LogP contribution in [0.1, 0.15) is 119 Å². The first kappa shape index (κ1) is 39.9. The highest BCUT2D eigenvalue weighted by Gasteiger charge is 2.83. The van der Waals surface area contributed by atoms with Gasteiger partial charge < -0.3 is 29.3 Å². The maximum atomic E-state index is 12.9. The summed E-state index contributed by atoms with van der Waals surface area (Å²) in [7, 11) is -2.19. The average molecular weight is 765 g/mol. The summed E-state index contributed by atoms with van der Waals surface area (Å²) in [4.78, 5) is 26.7. The third-order valence-corrected chi connectivity index (χ3v) is 18.6. The molecule has 11 nitrogen and oxygen atoms in total. The fourth-order valence-electron chi connectivity index (χ4n) is 14.0. The number of hydrogen-bond donors (Lipinski definition) is 2. The molecule has 6 aliphatic carbocycles. The Hall–Kier alpha value is -1.31. The summed E-state index contributed by atoms with van der Waals surface area (Å²) in [6, 6.07) is -1.19. The van der Waals surface area contributed by atoms with Crippen LogP contribution in [0.3, 0.4) is 0 Å². The van der Waals surface area contributed by atoms with Gasteiger partial charge in [-0.15, -0.1) is 0 Å². The first-order chi connectivity index (χ1) is 24.7.